The number of hydrogen-bond donors (Lipinski definition) is 1. The summed E-state index contributed by atoms with van der Waals surface area (Å²) >= 11 is 0. The van der Waals surface area contributed by atoms with E-state index in [9.17, 15) is 9.18 Å². The summed E-state index contributed by atoms with van der Waals surface area (Å²) in [5.41, 5.74) is 0.535. The summed E-state index contributed by atoms with van der Waals surface area (Å²) in [6.45, 7) is 1.47. The number of piperazine rings is 1. The van der Waals surface area contributed by atoms with E-state index in [1.165, 1.54) is 13.2 Å². The van der Waals surface area contributed by atoms with Crippen LogP contribution in [-0.4, -0.2) is 54.6 Å². The number of fused-ring (bicyclic) bond motifs is 2. The summed E-state index contributed by atoms with van der Waals surface area (Å²) in [6, 6.07) is 11.1. The van der Waals surface area contributed by atoms with E-state index in [1.54, 1.807) is 24.4 Å². The number of ether oxygens (including phenoxy) is 1. The Hall–Kier alpha value is -3.18. The minimum atomic E-state index is -0.528. The van der Waals surface area contributed by atoms with Crippen molar-refractivity contribution in [2.45, 2.75) is 43.3 Å². The Kier molecular flexibility index (Phi) is 5.22. The predicted molar refractivity (Wildman–Crippen MR) is 117 cm³/mol. The Labute approximate surface area is 186 Å². The molecule has 2 atom stereocenters. The van der Waals surface area contributed by atoms with Gasteiger partial charge in [-0.25, -0.2) is 9.37 Å². The van der Waals surface area contributed by atoms with Crippen LogP contribution >= 0.6 is 0 Å². The van der Waals surface area contributed by atoms with Crippen molar-refractivity contribution in [1.29, 1.82) is 5.26 Å². The van der Waals surface area contributed by atoms with Crippen LogP contribution in [-0.2, 0) is 10.3 Å². The Morgan fingerprint density at radius 3 is 2.62 bits per heavy atom. The summed E-state index contributed by atoms with van der Waals surface area (Å²) in [5, 5.41) is 12.3. The lowest BCUT2D eigenvalue weighted by atomic mass is 10.0. The number of nitriles is 1. The molecule has 0 spiro atoms. The number of nitrogens with zero attached hydrogens (tertiary/aromatic N) is 4. The van der Waals surface area contributed by atoms with E-state index >= 15 is 0 Å². The highest BCUT2D eigenvalue weighted by molar-refractivity contribution is 5.79. The van der Waals surface area contributed by atoms with Gasteiger partial charge in [0.2, 0.25) is 5.91 Å². The largest absolute Gasteiger partial charge is 0.496 e. The van der Waals surface area contributed by atoms with Gasteiger partial charge in [0.1, 0.15) is 23.5 Å². The molecule has 1 aromatic heterocycles. The van der Waals surface area contributed by atoms with Gasteiger partial charge in [0, 0.05) is 36.9 Å². The number of hydrogen-bond acceptors (Lipinski definition) is 6. The number of carbonyl (C=O) groups is 1. The average molecular weight is 436 g/mol. The number of methoxy groups -OCH3 is 1. The molecule has 32 heavy (non-hydrogen) atoms. The molecule has 1 saturated carbocycles. The third kappa shape index (κ3) is 3.56. The molecule has 2 aliphatic heterocycles. The van der Waals surface area contributed by atoms with Gasteiger partial charge in [0.05, 0.1) is 24.8 Å². The van der Waals surface area contributed by atoms with Crippen molar-refractivity contribution in [2.75, 3.05) is 31.6 Å². The number of aromatic nitrogens is 1. The molecule has 7 nitrogen and oxygen atoms in total. The second kappa shape index (κ2) is 8.06. The van der Waals surface area contributed by atoms with Crippen molar-refractivity contribution in [3.05, 3.63) is 53.5 Å². The van der Waals surface area contributed by atoms with Crippen LogP contribution in [0.1, 0.15) is 36.8 Å². The van der Waals surface area contributed by atoms with Gasteiger partial charge in [-0.05, 0) is 49.9 Å². The topological polar surface area (TPSA) is 81.5 Å². The lowest BCUT2D eigenvalue weighted by molar-refractivity contribution is -0.131. The third-order valence-corrected chi connectivity index (χ3v) is 6.98. The van der Waals surface area contributed by atoms with E-state index in [0.717, 1.165) is 31.5 Å². The highest BCUT2D eigenvalue weighted by Gasteiger charge is 2.49. The van der Waals surface area contributed by atoms with Crippen molar-refractivity contribution in [2.24, 2.45) is 0 Å². The molecular weight excluding hydrogens is 409 g/mol. The molecule has 0 radical (unpaired) electrons. The van der Waals surface area contributed by atoms with Crippen molar-refractivity contribution >= 4 is 11.7 Å². The van der Waals surface area contributed by atoms with E-state index in [1.807, 2.05) is 11.0 Å². The number of pyridine rings is 1. The molecule has 2 bridgehead atoms. The zero-order chi connectivity index (χ0) is 22.3. The molecular formula is C24H26FN5O2. The van der Waals surface area contributed by atoms with Crippen molar-refractivity contribution in [1.82, 2.24) is 15.2 Å². The Morgan fingerprint density at radius 1 is 1.28 bits per heavy atom. The number of likely N-dealkylation sites (tertiary alicyclic amines) is 1. The minimum Gasteiger partial charge on any atom is -0.496 e. The van der Waals surface area contributed by atoms with E-state index in [-0.39, 0.29) is 30.4 Å². The number of anilines is 1. The van der Waals surface area contributed by atoms with Crippen LogP contribution in [0.15, 0.2) is 36.5 Å². The van der Waals surface area contributed by atoms with Gasteiger partial charge in [-0.1, -0.05) is 6.07 Å². The van der Waals surface area contributed by atoms with Crippen LogP contribution in [0.2, 0.25) is 0 Å². The first-order valence-corrected chi connectivity index (χ1v) is 11.0. The SMILES string of the molecule is COc1cccc(F)c1C1(NCC(=O)N2CC3CCC(C2)N3c2ccc(C#N)cn2)CC1. The van der Waals surface area contributed by atoms with Gasteiger partial charge in [-0.3, -0.25) is 10.1 Å². The summed E-state index contributed by atoms with van der Waals surface area (Å²) in [7, 11) is 1.54. The van der Waals surface area contributed by atoms with Crippen molar-refractivity contribution in [3.63, 3.8) is 0 Å². The molecule has 3 heterocycles. The Balaban J connectivity index is 1.24. The zero-order valence-corrected chi connectivity index (χ0v) is 18.1. The summed E-state index contributed by atoms with van der Waals surface area (Å²) in [6.07, 6.45) is 5.18. The minimum absolute atomic E-state index is 0.0379. The highest BCUT2D eigenvalue weighted by Crippen LogP contribution is 2.49. The number of rotatable bonds is 6. The fourth-order valence-electron chi connectivity index (χ4n) is 5.22. The summed E-state index contributed by atoms with van der Waals surface area (Å²) in [4.78, 5) is 21.7. The van der Waals surface area contributed by atoms with Crippen LogP contribution in [0, 0.1) is 17.1 Å². The third-order valence-electron chi connectivity index (χ3n) is 6.98. The average Bonchev–Trinajstić information content (AvgIpc) is 3.56. The Morgan fingerprint density at radius 2 is 2.03 bits per heavy atom. The summed E-state index contributed by atoms with van der Waals surface area (Å²) < 4.78 is 19.9. The zero-order valence-electron chi connectivity index (χ0n) is 18.1. The lowest BCUT2D eigenvalue weighted by Crippen LogP contribution is -2.57. The van der Waals surface area contributed by atoms with Gasteiger partial charge < -0.3 is 14.5 Å². The van der Waals surface area contributed by atoms with Gasteiger partial charge in [-0.15, -0.1) is 0 Å². The van der Waals surface area contributed by atoms with Crippen LogP contribution in [0.3, 0.4) is 0 Å². The molecule has 5 rings (SSSR count). The quantitative estimate of drug-likeness (QED) is 0.751. The van der Waals surface area contributed by atoms with E-state index in [2.05, 4.69) is 21.3 Å². The second-order valence-corrected chi connectivity index (χ2v) is 8.86. The molecule has 2 unspecified atom stereocenters. The van der Waals surface area contributed by atoms with Crippen LogP contribution in [0.4, 0.5) is 10.2 Å². The standard InChI is InChI=1S/C24H26FN5O2/c1-32-20-4-2-3-19(25)23(20)24(9-10-24)28-13-22(31)29-14-17-6-7-18(15-29)30(17)21-8-5-16(11-26)12-27-21/h2-5,8,12,17-18,28H,6-7,9-10,13-15H2,1H3. The molecule has 2 aromatic rings. The molecule has 1 aromatic carbocycles. The molecule has 8 heteroatoms. The first kappa shape index (κ1) is 20.7. The first-order valence-electron chi connectivity index (χ1n) is 11.0. The number of carbonyl (C=O) groups excluding carboxylic acids is 1. The molecule has 2 saturated heterocycles. The monoisotopic (exact) mass is 435 g/mol. The van der Waals surface area contributed by atoms with E-state index in [0.29, 0.717) is 30.0 Å². The van der Waals surface area contributed by atoms with Crippen molar-refractivity contribution in [3.8, 4) is 11.8 Å². The molecule has 3 fully saturated rings. The van der Waals surface area contributed by atoms with Crippen molar-refractivity contribution < 1.29 is 13.9 Å². The molecule has 3 aliphatic rings. The lowest BCUT2D eigenvalue weighted by Gasteiger charge is -2.42. The fourth-order valence-corrected chi connectivity index (χ4v) is 5.22. The van der Waals surface area contributed by atoms with E-state index < -0.39 is 5.54 Å². The van der Waals surface area contributed by atoms with Gasteiger partial charge in [0.25, 0.3) is 0 Å². The maximum absolute atomic E-state index is 14.6. The number of halogens is 1. The van der Waals surface area contributed by atoms with E-state index in [4.69, 9.17) is 10.00 Å². The molecule has 1 N–H and O–H groups in total. The maximum Gasteiger partial charge on any atom is 0.236 e. The maximum atomic E-state index is 14.6. The first-order chi connectivity index (χ1) is 15.5. The second-order valence-electron chi connectivity index (χ2n) is 8.86. The summed E-state index contributed by atoms with van der Waals surface area (Å²) in [5.74, 6) is 1.12. The molecule has 166 valence electrons. The van der Waals surface area contributed by atoms with Crippen LogP contribution in [0.5, 0.6) is 5.75 Å². The normalized spacial score (nSPS) is 23.0. The van der Waals surface area contributed by atoms with Gasteiger partial charge in [0.15, 0.2) is 0 Å². The number of nitrogens with one attached hydrogen (secondary N) is 1. The highest BCUT2D eigenvalue weighted by atomic mass is 19.1. The van der Waals surface area contributed by atoms with Crippen LogP contribution < -0.4 is 15.0 Å². The number of amides is 1. The smallest absolute Gasteiger partial charge is 0.236 e. The molecule has 1 aliphatic carbocycles. The van der Waals surface area contributed by atoms with Gasteiger partial charge in [-0.2, -0.15) is 5.26 Å². The fraction of sp³-hybridized carbons (Fsp3) is 0.458. The number of benzene rings is 1. The Bertz CT molecular complexity index is 1050. The molecule has 1 amide bonds. The van der Waals surface area contributed by atoms with Crippen LogP contribution in [0.25, 0.3) is 0 Å². The van der Waals surface area contributed by atoms with Gasteiger partial charge >= 0.3 is 0 Å². The predicted octanol–water partition coefficient (Wildman–Crippen LogP) is 2.56.